The van der Waals surface area contributed by atoms with E-state index in [0.717, 1.165) is 5.56 Å². The summed E-state index contributed by atoms with van der Waals surface area (Å²) in [6.45, 7) is 5.75. The first-order valence-corrected chi connectivity index (χ1v) is 9.97. The lowest BCUT2D eigenvalue weighted by molar-refractivity contribution is -0.142. The van der Waals surface area contributed by atoms with E-state index in [0.29, 0.717) is 11.3 Å². The fourth-order valence-electron chi connectivity index (χ4n) is 2.99. The average molecular weight is 427 g/mol. The molecule has 31 heavy (non-hydrogen) atoms. The number of benzene rings is 2. The fraction of sp³-hybridized carbons (Fsp3) is 0.348. The number of nitrogens with one attached hydrogen (secondary N) is 3. The smallest absolute Gasteiger partial charge is 0.326 e. The predicted octanol–water partition coefficient (Wildman–Crippen LogP) is 2.80. The molecule has 1 amide bonds. The zero-order chi connectivity index (χ0) is 23.0. The first-order chi connectivity index (χ1) is 14.5. The maximum atomic E-state index is 12.2. The van der Waals surface area contributed by atoms with Gasteiger partial charge >= 0.3 is 5.97 Å². The van der Waals surface area contributed by atoms with Crippen molar-refractivity contribution < 1.29 is 19.4 Å². The molecule has 0 aliphatic rings. The van der Waals surface area contributed by atoms with Crippen LogP contribution in [0.3, 0.4) is 0 Å². The lowest BCUT2D eigenvalue weighted by Gasteiger charge is -2.22. The van der Waals surface area contributed by atoms with E-state index in [9.17, 15) is 14.7 Å². The molecule has 8 nitrogen and oxygen atoms in total. The second-order valence-corrected chi connectivity index (χ2v) is 8.51. The molecule has 0 spiro atoms. The molecular weight excluding hydrogens is 396 g/mol. The number of carbonyl (C=O) groups excluding carboxylic acids is 1. The summed E-state index contributed by atoms with van der Waals surface area (Å²) in [6, 6.07) is 15.2. The normalized spacial score (nSPS) is 13.0. The van der Waals surface area contributed by atoms with Crippen LogP contribution in [-0.4, -0.2) is 29.0 Å². The van der Waals surface area contributed by atoms with Gasteiger partial charge in [0, 0.05) is 18.4 Å². The van der Waals surface area contributed by atoms with Gasteiger partial charge in [-0.2, -0.15) is 0 Å². The number of carboxylic acids is 1. The Morgan fingerprint density at radius 2 is 1.77 bits per heavy atom. The van der Waals surface area contributed by atoms with Crippen LogP contribution in [0.15, 0.2) is 54.6 Å². The molecule has 0 aliphatic heterocycles. The Kier molecular flexibility index (Phi) is 8.01. The Bertz CT molecular complexity index is 909. The molecule has 0 aliphatic carbocycles. The van der Waals surface area contributed by atoms with Gasteiger partial charge < -0.3 is 26.2 Å². The van der Waals surface area contributed by atoms with Crippen molar-refractivity contribution >= 4 is 17.8 Å². The number of amides is 1. The van der Waals surface area contributed by atoms with Crippen LogP contribution in [0.1, 0.15) is 44.5 Å². The summed E-state index contributed by atoms with van der Waals surface area (Å²) < 4.78 is 5.97. The standard InChI is InChI=1S/C23H30N4O4/c1-23(2,3)14-19(28)26-18(21(29)30)13-15-8-7-11-17(12-15)31-20(27-22(24)25)16-9-5-4-6-10-16/h4-12,18,20H,13-14H2,1-3H3,(H,26,28)(H,29,30)(H4,24,25,27)/t18-,20?/m0/s1. The third-order valence-electron chi connectivity index (χ3n) is 4.31. The third-order valence-corrected chi connectivity index (χ3v) is 4.31. The monoisotopic (exact) mass is 426 g/mol. The van der Waals surface area contributed by atoms with Gasteiger partial charge in [-0.05, 0) is 23.1 Å². The molecule has 2 atom stereocenters. The summed E-state index contributed by atoms with van der Waals surface area (Å²) in [7, 11) is 0. The van der Waals surface area contributed by atoms with E-state index in [1.54, 1.807) is 24.3 Å². The Balaban J connectivity index is 2.14. The summed E-state index contributed by atoms with van der Waals surface area (Å²) in [5.41, 5.74) is 6.72. The second kappa shape index (κ2) is 10.5. The van der Waals surface area contributed by atoms with Crippen LogP contribution in [0.5, 0.6) is 5.75 Å². The molecule has 6 N–H and O–H groups in total. The van der Waals surface area contributed by atoms with Crippen molar-refractivity contribution in [1.29, 1.82) is 5.41 Å². The fourth-order valence-corrected chi connectivity index (χ4v) is 2.99. The third kappa shape index (κ3) is 8.38. The van der Waals surface area contributed by atoms with Crippen LogP contribution in [0.2, 0.25) is 0 Å². The van der Waals surface area contributed by atoms with E-state index in [1.165, 1.54) is 0 Å². The van der Waals surface area contributed by atoms with Gasteiger partial charge in [0.05, 0.1) is 0 Å². The molecule has 0 aromatic heterocycles. The quantitative estimate of drug-likeness (QED) is 0.237. The van der Waals surface area contributed by atoms with Crippen molar-refractivity contribution in [3.05, 3.63) is 65.7 Å². The lowest BCUT2D eigenvalue weighted by Crippen LogP contribution is -2.43. The minimum absolute atomic E-state index is 0.110. The van der Waals surface area contributed by atoms with E-state index < -0.39 is 18.2 Å². The second-order valence-electron chi connectivity index (χ2n) is 8.51. The molecule has 0 radical (unpaired) electrons. The molecule has 0 heterocycles. The van der Waals surface area contributed by atoms with Crippen molar-refractivity contribution in [2.75, 3.05) is 0 Å². The summed E-state index contributed by atoms with van der Waals surface area (Å²) in [5, 5.41) is 22.4. The Morgan fingerprint density at radius 1 is 1.10 bits per heavy atom. The van der Waals surface area contributed by atoms with Gasteiger partial charge in [-0.3, -0.25) is 10.2 Å². The Labute approximate surface area is 182 Å². The maximum absolute atomic E-state index is 12.2. The summed E-state index contributed by atoms with van der Waals surface area (Å²) in [4.78, 5) is 23.9. The molecule has 8 heteroatoms. The van der Waals surface area contributed by atoms with Gasteiger partial charge in [0.25, 0.3) is 0 Å². The summed E-state index contributed by atoms with van der Waals surface area (Å²) >= 11 is 0. The largest absolute Gasteiger partial charge is 0.480 e. The molecule has 0 fully saturated rings. The van der Waals surface area contributed by atoms with Crippen LogP contribution in [0.4, 0.5) is 0 Å². The van der Waals surface area contributed by atoms with Crippen LogP contribution >= 0.6 is 0 Å². The maximum Gasteiger partial charge on any atom is 0.326 e. The number of nitrogens with two attached hydrogens (primary N) is 1. The van der Waals surface area contributed by atoms with E-state index in [-0.39, 0.29) is 30.1 Å². The first-order valence-electron chi connectivity index (χ1n) is 9.97. The minimum Gasteiger partial charge on any atom is -0.480 e. The molecule has 0 saturated heterocycles. The molecular formula is C23H30N4O4. The number of carbonyl (C=O) groups is 2. The molecule has 166 valence electrons. The Morgan fingerprint density at radius 3 is 2.35 bits per heavy atom. The average Bonchev–Trinajstić information content (AvgIpc) is 2.66. The molecule has 0 saturated carbocycles. The number of hydrogen-bond acceptors (Lipinski definition) is 4. The zero-order valence-electron chi connectivity index (χ0n) is 18.0. The van der Waals surface area contributed by atoms with Gasteiger partial charge in [-0.15, -0.1) is 0 Å². The van der Waals surface area contributed by atoms with Crippen molar-refractivity contribution in [1.82, 2.24) is 10.6 Å². The van der Waals surface area contributed by atoms with Crippen LogP contribution in [0, 0.1) is 10.8 Å². The highest BCUT2D eigenvalue weighted by atomic mass is 16.5. The van der Waals surface area contributed by atoms with Gasteiger partial charge in [0.15, 0.2) is 12.2 Å². The topological polar surface area (TPSA) is 138 Å². The van der Waals surface area contributed by atoms with E-state index in [1.807, 2.05) is 51.1 Å². The number of carboxylic acid groups (broad SMARTS) is 1. The van der Waals surface area contributed by atoms with Crippen molar-refractivity contribution in [3.8, 4) is 5.75 Å². The van der Waals surface area contributed by atoms with Crippen LogP contribution < -0.4 is 21.1 Å². The molecule has 0 bridgehead atoms. The molecule has 2 aromatic rings. The van der Waals surface area contributed by atoms with Gasteiger partial charge in [0.1, 0.15) is 11.8 Å². The molecule has 1 unspecified atom stereocenters. The van der Waals surface area contributed by atoms with Crippen molar-refractivity contribution in [2.45, 2.75) is 45.9 Å². The lowest BCUT2D eigenvalue weighted by atomic mass is 9.91. The Hall–Kier alpha value is -3.55. The summed E-state index contributed by atoms with van der Waals surface area (Å²) in [5.74, 6) is -1.17. The highest BCUT2D eigenvalue weighted by Gasteiger charge is 2.24. The van der Waals surface area contributed by atoms with E-state index >= 15 is 0 Å². The summed E-state index contributed by atoms with van der Waals surface area (Å²) in [6.07, 6.45) is -0.343. The number of rotatable bonds is 9. The van der Waals surface area contributed by atoms with Crippen LogP contribution in [0.25, 0.3) is 0 Å². The molecule has 2 rings (SSSR count). The number of ether oxygens (including phenoxy) is 1. The van der Waals surface area contributed by atoms with Crippen molar-refractivity contribution in [3.63, 3.8) is 0 Å². The first kappa shape index (κ1) is 23.7. The molecule has 2 aromatic carbocycles. The van der Waals surface area contributed by atoms with Gasteiger partial charge in [-0.1, -0.05) is 63.2 Å². The highest BCUT2D eigenvalue weighted by Crippen LogP contribution is 2.22. The van der Waals surface area contributed by atoms with Gasteiger partial charge in [0.2, 0.25) is 5.91 Å². The SMILES string of the molecule is CC(C)(C)CC(=O)N[C@@H](Cc1cccc(OC(NC(=N)N)c2ccccc2)c1)C(=O)O. The minimum atomic E-state index is -1.10. The highest BCUT2D eigenvalue weighted by molar-refractivity contribution is 5.84. The number of hydrogen-bond donors (Lipinski definition) is 5. The van der Waals surface area contributed by atoms with Crippen molar-refractivity contribution in [2.24, 2.45) is 11.1 Å². The predicted molar refractivity (Wildman–Crippen MR) is 119 cm³/mol. The number of guanidine groups is 1. The number of aliphatic carboxylic acids is 1. The van der Waals surface area contributed by atoms with E-state index in [2.05, 4.69) is 10.6 Å². The van der Waals surface area contributed by atoms with Crippen LogP contribution in [-0.2, 0) is 16.0 Å². The zero-order valence-corrected chi connectivity index (χ0v) is 18.0. The van der Waals surface area contributed by atoms with Gasteiger partial charge in [-0.25, -0.2) is 4.79 Å². The van der Waals surface area contributed by atoms with E-state index in [4.69, 9.17) is 15.9 Å².